The molecule has 0 aliphatic carbocycles. The molecule has 0 aromatic carbocycles. The fraction of sp³-hybridized carbons (Fsp3) is 0.545. The van der Waals surface area contributed by atoms with Crippen LogP contribution in [0.15, 0.2) is 12.1 Å². The van der Waals surface area contributed by atoms with E-state index in [4.69, 9.17) is 15.3 Å². The lowest BCUT2D eigenvalue weighted by atomic mass is 10.1. The van der Waals surface area contributed by atoms with E-state index in [-0.39, 0.29) is 19.8 Å². The van der Waals surface area contributed by atoms with Gasteiger partial charge in [0.15, 0.2) is 0 Å². The second kappa shape index (κ2) is 6.50. The Balaban J connectivity index is 2.86. The number of aliphatic hydroxyl groups is 3. The molecule has 3 N–H and O–H groups in total. The number of hydrogen-bond donors (Lipinski definition) is 3. The minimum absolute atomic E-state index is 0.0636. The third kappa shape index (κ3) is 3.95. The Labute approximate surface area is 89.2 Å². The molecule has 4 heteroatoms. The van der Waals surface area contributed by atoms with E-state index in [0.717, 1.165) is 17.0 Å². The first-order valence-corrected chi connectivity index (χ1v) is 5.11. The van der Waals surface area contributed by atoms with E-state index in [9.17, 15) is 0 Å². The van der Waals surface area contributed by atoms with E-state index < -0.39 is 0 Å². The van der Waals surface area contributed by atoms with Crippen LogP contribution in [-0.2, 0) is 19.3 Å². The largest absolute Gasteiger partial charge is 0.396 e. The highest BCUT2D eigenvalue weighted by molar-refractivity contribution is 5.22. The zero-order chi connectivity index (χ0) is 11.1. The molecular formula is C11H17NO3. The maximum Gasteiger partial charge on any atom is 0.0486 e. The summed E-state index contributed by atoms with van der Waals surface area (Å²) in [5.41, 5.74) is 2.62. The lowest BCUT2D eigenvalue weighted by Gasteiger charge is -2.06. The smallest absolute Gasteiger partial charge is 0.0486 e. The van der Waals surface area contributed by atoms with E-state index in [1.54, 1.807) is 0 Å². The van der Waals surface area contributed by atoms with Gasteiger partial charge in [-0.3, -0.25) is 4.98 Å². The fourth-order valence-electron chi connectivity index (χ4n) is 1.48. The monoisotopic (exact) mass is 211 g/mol. The number of rotatable bonds is 6. The molecule has 0 unspecified atom stereocenters. The van der Waals surface area contributed by atoms with Gasteiger partial charge >= 0.3 is 0 Å². The van der Waals surface area contributed by atoms with Crippen molar-refractivity contribution < 1.29 is 15.3 Å². The molecule has 0 fully saturated rings. The van der Waals surface area contributed by atoms with E-state index in [0.29, 0.717) is 19.3 Å². The molecule has 84 valence electrons. The molecule has 1 aromatic heterocycles. The Morgan fingerprint density at radius 1 is 0.800 bits per heavy atom. The summed E-state index contributed by atoms with van der Waals surface area (Å²) in [6.45, 7) is 0.226. The van der Waals surface area contributed by atoms with Crippen molar-refractivity contribution >= 4 is 0 Å². The molecule has 0 aliphatic heterocycles. The summed E-state index contributed by atoms with van der Waals surface area (Å²) >= 11 is 0. The van der Waals surface area contributed by atoms with Crippen LogP contribution in [-0.4, -0.2) is 40.1 Å². The minimum Gasteiger partial charge on any atom is -0.396 e. The molecule has 15 heavy (non-hydrogen) atoms. The normalized spacial score (nSPS) is 10.6. The molecule has 0 amide bonds. The topological polar surface area (TPSA) is 73.6 Å². The first kappa shape index (κ1) is 12.1. The van der Waals surface area contributed by atoms with Crippen molar-refractivity contribution in [3.05, 3.63) is 29.1 Å². The van der Waals surface area contributed by atoms with Gasteiger partial charge in [0.2, 0.25) is 0 Å². The summed E-state index contributed by atoms with van der Waals surface area (Å²) in [6, 6.07) is 3.76. The van der Waals surface area contributed by atoms with Crippen LogP contribution in [0.1, 0.15) is 17.0 Å². The highest BCUT2D eigenvalue weighted by Crippen LogP contribution is 2.08. The number of pyridine rings is 1. The van der Waals surface area contributed by atoms with Gasteiger partial charge in [-0.1, -0.05) is 0 Å². The summed E-state index contributed by atoms with van der Waals surface area (Å²) in [5, 5.41) is 26.5. The van der Waals surface area contributed by atoms with Gasteiger partial charge in [0, 0.05) is 44.1 Å². The van der Waals surface area contributed by atoms with Crippen molar-refractivity contribution in [1.82, 2.24) is 4.98 Å². The van der Waals surface area contributed by atoms with Crippen molar-refractivity contribution in [2.75, 3.05) is 19.8 Å². The third-order valence-corrected chi connectivity index (χ3v) is 2.13. The standard InChI is InChI=1S/C11H17NO3/c13-4-1-9-7-10(2-5-14)12-11(8-9)3-6-15/h7-8,13-15H,1-6H2. The lowest BCUT2D eigenvalue weighted by molar-refractivity contribution is 0.294. The quantitative estimate of drug-likeness (QED) is 0.603. The molecule has 0 aliphatic rings. The summed E-state index contributed by atoms with van der Waals surface area (Å²) in [6.07, 6.45) is 1.61. The van der Waals surface area contributed by atoms with E-state index in [2.05, 4.69) is 4.98 Å². The van der Waals surface area contributed by atoms with Gasteiger partial charge in [-0.25, -0.2) is 0 Å². The van der Waals surface area contributed by atoms with Crippen molar-refractivity contribution in [3.8, 4) is 0 Å². The van der Waals surface area contributed by atoms with Gasteiger partial charge in [0.05, 0.1) is 0 Å². The van der Waals surface area contributed by atoms with Crippen LogP contribution in [0.25, 0.3) is 0 Å². The SMILES string of the molecule is OCCc1cc(CCO)nc(CCO)c1. The van der Waals surface area contributed by atoms with Crippen LogP contribution in [0.4, 0.5) is 0 Å². The average Bonchev–Trinajstić information content (AvgIpc) is 2.19. The zero-order valence-corrected chi connectivity index (χ0v) is 8.69. The second-order valence-corrected chi connectivity index (χ2v) is 3.38. The Hall–Kier alpha value is -0.970. The summed E-state index contributed by atoms with van der Waals surface area (Å²) in [7, 11) is 0. The molecule has 0 bridgehead atoms. The zero-order valence-electron chi connectivity index (χ0n) is 8.69. The van der Waals surface area contributed by atoms with Gasteiger partial charge in [0.1, 0.15) is 0 Å². The van der Waals surface area contributed by atoms with Crippen LogP contribution in [0.3, 0.4) is 0 Å². The maximum absolute atomic E-state index is 8.84. The molecule has 0 saturated heterocycles. The fourth-order valence-corrected chi connectivity index (χ4v) is 1.48. The van der Waals surface area contributed by atoms with Crippen molar-refractivity contribution in [2.24, 2.45) is 0 Å². The van der Waals surface area contributed by atoms with Gasteiger partial charge in [-0.15, -0.1) is 0 Å². The molecular weight excluding hydrogens is 194 g/mol. The van der Waals surface area contributed by atoms with E-state index in [1.165, 1.54) is 0 Å². The Bertz CT molecular complexity index is 242. The highest BCUT2D eigenvalue weighted by Gasteiger charge is 2.02. The molecule has 4 nitrogen and oxygen atoms in total. The van der Waals surface area contributed by atoms with Crippen molar-refractivity contribution in [3.63, 3.8) is 0 Å². The Kier molecular flexibility index (Phi) is 5.25. The summed E-state index contributed by atoms with van der Waals surface area (Å²) < 4.78 is 0. The summed E-state index contributed by atoms with van der Waals surface area (Å²) in [5.74, 6) is 0. The van der Waals surface area contributed by atoms with Gasteiger partial charge in [-0.05, 0) is 24.1 Å². The summed E-state index contributed by atoms with van der Waals surface area (Å²) in [4.78, 5) is 4.29. The number of aliphatic hydroxyl groups excluding tert-OH is 3. The number of nitrogens with zero attached hydrogens (tertiary/aromatic N) is 1. The van der Waals surface area contributed by atoms with Crippen LogP contribution in [0.2, 0.25) is 0 Å². The molecule has 1 rings (SSSR count). The number of hydrogen-bond acceptors (Lipinski definition) is 4. The first-order chi connectivity index (χ1) is 7.30. The predicted molar refractivity (Wildman–Crippen MR) is 56.6 cm³/mol. The second-order valence-electron chi connectivity index (χ2n) is 3.38. The molecule has 0 spiro atoms. The molecule has 0 saturated carbocycles. The Morgan fingerprint density at radius 3 is 1.67 bits per heavy atom. The first-order valence-electron chi connectivity index (χ1n) is 5.11. The Morgan fingerprint density at radius 2 is 1.27 bits per heavy atom. The predicted octanol–water partition coefficient (Wildman–Crippen LogP) is -0.314. The maximum atomic E-state index is 8.84. The molecule has 1 heterocycles. The van der Waals surface area contributed by atoms with Crippen LogP contribution in [0.5, 0.6) is 0 Å². The number of aromatic nitrogens is 1. The van der Waals surface area contributed by atoms with Crippen LogP contribution >= 0.6 is 0 Å². The highest BCUT2D eigenvalue weighted by atomic mass is 16.3. The van der Waals surface area contributed by atoms with E-state index in [1.807, 2.05) is 12.1 Å². The van der Waals surface area contributed by atoms with Gasteiger partial charge in [0.25, 0.3) is 0 Å². The van der Waals surface area contributed by atoms with Crippen LogP contribution < -0.4 is 0 Å². The lowest BCUT2D eigenvalue weighted by Crippen LogP contribution is -2.04. The molecule has 0 atom stereocenters. The molecule has 1 aromatic rings. The van der Waals surface area contributed by atoms with Crippen molar-refractivity contribution in [1.29, 1.82) is 0 Å². The van der Waals surface area contributed by atoms with Crippen LogP contribution in [0, 0.1) is 0 Å². The average molecular weight is 211 g/mol. The van der Waals surface area contributed by atoms with Gasteiger partial charge < -0.3 is 15.3 Å². The van der Waals surface area contributed by atoms with Gasteiger partial charge in [-0.2, -0.15) is 0 Å². The van der Waals surface area contributed by atoms with E-state index >= 15 is 0 Å². The van der Waals surface area contributed by atoms with Crippen molar-refractivity contribution in [2.45, 2.75) is 19.3 Å². The third-order valence-electron chi connectivity index (χ3n) is 2.13. The minimum atomic E-state index is 0.0636. The molecule has 0 radical (unpaired) electrons.